The summed E-state index contributed by atoms with van der Waals surface area (Å²) in [6.45, 7) is 3.89. The largest absolute Gasteiger partial charge is 0.497 e. The monoisotopic (exact) mass is 491 g/mol. The lowest BCUT2D eigenvalue weighted by molar-refractivity contribution is -0.132. The maximum Gasteiger partial charge on any atom is 0.405 e. The molecule has 0 aromatic heterocycles. The molecule has 3 N–H and O–H groups in total. The molecule has 0 radical (unpaired) electrons. The van der Waals surface area contributed by atoms with Gasteiger partial charge in [0, 0.05) is 12.2 Å². The summed E-state index contributed by atoms with van der Waals surface area (Å²) in [5.41, 5.74) is 1.40. The highest BCUT2D eigenvalue weighted by molar-refractivity contribution is 7.92. The molecular weight excluding hydrogens is 458 g/mol. The fourth-order valence-corrected chi connectivity index (χ4v) is 4.72. The number of nitrogens with one attached hydrogen (secondary N) is 2. The summed E-state index contributed by atoms with van der Waals surface area (Å²) in [7, 11) is -2.43. The number of carboxylic acid groups (broad SMARTS) is 1. The molecule has 2 aromatic carbocycles. The van der Waals surface area contributed by atoms with Gasteiger partial charge in [0.05, 0.1) is 7.11 Å². The lowest BCUT2D eigenvalue weighted by Gasteiger charge is -2.28. The standard InChI is InChI=1S/C24H33N3O6S/c1-18(2)16-22(25-24(29)30)23(28)27(15-7-10-19-8-5-4-6-9-19)17-34(31,32)26-20-11-13-21(33-3)14-12-20/h4-6,8-9,11-14,18,22,25-26H,7,10,15-17H2,1-3H3,(H,29,30)/t22-/m0/s1. The van der Waals surface area contributed by atoms with Crippen molar-refractivity contribution in [2.75, 3.05) is 24.3 Å². The van der Waals surface area contributed by atoms with Crippen LogP contribution in [0.15, 0.2) is 54.6 Å². The van der Waals surface area contributed by atoms with Crippen LogP contribution in [0, 0.1) is 5.92 Å². The molecule has 186 valence electrons. The number of hydrogen-bond donors (Lipinski definition) is 3. The molecule has 0 aliphatic heterocycles. The van der Waals surface area contributed by atoms with Gasteiger partial charge in [0.1, 0.15) is 17.7 Å². The van der Waals surface area contributed by atoms with E-state index >= 15 is 0 Å². The van der Waals surface area contributed by atoms with Gasteiger partial charge in [-0.15, -0.1) is 0 Å². The van der Waals surface area contributed by atoms with Crippen molar-refractivity contribution in [3.8, 4) is 5.75 Å². The molecule has 0 spiro atoms. The van der Waals surface area contributed by atoms with Crippen molar-refractivity contribution in [1.82, 2.24) is 10.2 Å². The summed E-state index contributed by atoms with van der Waals surface area (Å²) in [5.74, 6) is -0.551. The number of nitrogens with zero attached hydrogens (tertiary/aromatic N) is 1. The van der Waals surface area contributed by atoms with E-state index in [0.29, 0.717) is 24.3 Å². The fourth-order valence-electron chi connectivity index (χ4n) is 3.50. The third-order valence-electron chi connectivity index (χ3n) is 5.04. The van der Waals surface area contributed by atoms with E-state index in [9.17, 15) is 23.1 Å². The Labute approximate surface area is 201 Å². The first-order chi connectivity index (χ1) is 16.1. The molecule has 2 rings (SSSR count). The highest BCUT2D eigenvalue weighted by Gasteiger charge is 2.29. The Bertz CT molecular complexity index is 1030. The molecule has 0 unspecified atom stereocenters. The molecule has 0 saturated heterocycles. The number of anilines is 1. The van der Waals surface area contributed by atoms with Gasteiger partial charge in [-0.3, -0.25) is 9.52 Å². The second kappa shape index (κ2) is 12.8. The average Bonchev–Trinajstić information content (AvgIpc) is 2.77. The maximum atomic E-state index is 13.3. The highest BCUT2D eigenvalue weighted by Crippen LogP contribution is 2.17. The van der Waals surface area contributed by atoms with Crippen molar-refractivity contribution in [1.29, 1.82) is 0 Å². The SMILES string of the molecule is COc1ccc(NS(=O)(=O)CN(CCCc2ccccc2)C(=O)[C@H](CC(C)C)NC(=O)O)cc1. The second-order valence-electron chi connectivity index (χ2n) is 8.40. The number of hydrogen-bond acceptors (Lipinski definition) is 5. The number of amides is 2. The molecule has 0 aliphatic carbocycles. The van der Waals surface area contributed by atoms with Crippen molar-refractivity contribution in [2.24, 2.45) is 5.92 Å². The third kappa shape index (κ3) is 9.30. The van der Waals surface area contributed by atoms with Crippen molar-refractivity contribution in [3.05, 3.63) is 60.2 Å². The Morgan fingerprint density at radius 3 is 2.26 bits per heavy atom. The molecule has 0 saturated carbocycles. The Morgan fingerprint density at radius 2 is 1.71 bits per heavy atom. The molecule has 9 nitrogen and oxygen atoms in total. The van der Waals surface area contributed by atoms with Gasteiger partial charge in [-0.2, -0.15) is 0 Å². The summed E-state index contributed by atoms with van der Waals surface area (Å²) in [6, 6.07) is 15.0. The van der Waals surface area contributed by atoms with Crippen LogP contribution in [0.5, 0.6) is 5.75 Å². The van der Waals surface area contributed by atoms with Crippen LogP contribution in [-0.4, -0.2) is 56.0 Å². The molecule has 2 amide bonds. The number of aryl methyl sites for hydroxylation is 1. The van der Waals surface area contributed by atoms with Crippen molar-refractivity contribution in [3.63, 3.8) is 0 Å². The first-order valence-corrected chi connectivity index (χ1v) is 12.7. The van der Waals surface area contributed by atoms with E-state index in [2.05, 4.69) is 10.0 Å². The van der Waals surface area contributed by atoms with Gasteiger partial charge in [0.2, 0.25) is 5.91 Å². The number of sulfonamides is 1. The van der Waals surface area contributed by atoms with E-state index in [1.54, 1.807) is 24.3 Å². The minimum Gasteiger partial charge on any atom is -0.497 e. The van der Waals surface area contributed by atoms with E-state index in [1.807, 2.05) is 44.2 Å². The number of carbonyl (C=O) groups is 2. The van der Waals surface area contributed by atoms with Crippen LogP contribution in [0.25, 0.3) is 0 Å². The fraction of sp³-hybridized carbons (Fsp3) is 0.417. The summed E-state index contributed by atoms with van der Waals surface area (Å²) < 4.78 is 33.3. The predicted molar refractivity (Wildman–Crippen MR) is 131 cm³/mol. The number of benzene rings is 2. The van der Waals surface area contributed by atoms with Crippen LogP contribution in [-0.2, 0) is 21.2 Å². The quantitative estimate of drug-likeness (QED) is 0.394. The normalized spacial score (nSPS) is 12.1. The van der Waals surface area contributed by atoms with Gasteiger partial charge in [0.25, 0.3) is 10.0 Å². The molecule has 34 heavy (non-hydrogen) atoms. The summed E-state index contributed by atoms with van der Waals surface area (Å²) in [4.78, 5) is 25.7. The van der Waals surface area contributed by atoms with E-state index < -0.39 is 33.9 Å². The number of ether oxygens (including phenoxy) is 1. The zero-order valence-corrected chi connectivity index (χ0v) is 20.5. The van der Waals surface area contributed by atoms with Crippen molar-refractivity contribution < 1.29 is 27.9 Å². The van der Waals surface area contributed by atoms with Crippen molar-refractivity contribution in [2.45, 2.75) is 39.2 Å². The van der Waals surface area contributed by atoms with E-state index in [0.717, 1.165) is 5.56 Å². The lowest BCUT2D eigenvalue weighted by Crippen LogP contribution is -2.51. The Hall–Kier alpha value is -3.27. The van der Waals surface area contributed by atoms with E-state index in [4.69, 9.17) is 4.74 Å². The molecular formula is C24H33N3O6S. The average molecular weight is 492 g/mol. The first-order valence-electron chi connectivity index (χ1n) is 11.1. The Balaban J connectivity index is 2.18. The molecule has 0 fully saturated rings. The van der Waals surface area contributed by atoms with Gasteiger partial charge in [-0.25, -0.2) is 13.2 Å². The predicted octanol–water partition coefficient (Wildman–Crippen LogP) is 3.54. The highest BCUT2D eigenvalue weighted by atomic mass is 32.2. The third-order valence-corrected chi connectivity index (χ3v) is 6.24. The maximum absolute atomic E-state index is 13.3. The van der Waals surface area contributed by atoms with Gasteiger partial charge in [-0.1, -0.05) is 44.2 Å². The molecule has 0 heterocycles. The van der Waals surface area contributed by atoms with E-state index in [-0.39, 0.29) is 18.9 Å². The van der Waals surface area contributed by atoms with Crippen LogP contribution < -0.4 is 14.8 Å². The molecule has 0 aliphatic rings. The van der Waals surface area contributed by atoms with Crippen LogP contribution >= 0.6 is 0 Å². The molecule has 10 heteroatoms. The number of rotatable bonds is 13. The van der Waals surface area contributed by atoms with Gasteiger partial charge in [-0.05, 0) is 55.0 Å². The number of carbonyl (C=O) groups excluding carboxylic acids is 1. The molecule has 0 bridgehead atoms. The van der Waals surface area contributed by atoms with Crippen molar-refractivity contribution >= 4 is 27.7 Å². The summed E-state index contributed by atoms with van der Waals surface area (Å²) in [6.07, 6.45) is 0.0988. The zero-order chi connectivity index (χ0) is 25.1. The summed E-state index contributed by atoms with van der Waals surface area (Å²) >= 11 is 0. The number of methoxy groups -OCH3 is 1. The minimum absolute atomic E-state index is 0.0287. The molecule has 1 atom stereocenters. The lowest BCUT2D eigenvalue weighted by atomic mass is 10.0. The first kappa shape index (κ1) is 27.0. The Morgan fingerprint density at radius 1 is 1.06 bits per heavy atom. The summed E-state index contributed by atoms with van der Waals surface area (Å²) in [5, 5.41) is 11.4. The van der Waals surface area contributed by atoms with Crippen LogP contribution in [0.2, 0.25) is 0 Å². The second-order valence-corrected chi connectivity index (χ2v) is 10.1. The topological polar surface area (TPSA) is 125 Å². The van der Waals surface area contributed by atoms with Gasteiger partial charge in [0.15, 0.2) is 0 Å². The van der Waals surface area contributed by atoms with Gasteiger partial charge >= 0.3 is 6.09 Å². The van der Waals surface area contributed by atoms with Crippen LogP contribution in [0.4, 0.5) is 10.5 Å². The zero-order valence-electron chi connectivity index (χ0n) is 19.7. The van der Waals surface area contributed by atoms with E-state index in [1.165, 1.54) is 12.0 Å². The smallest absolute Gasteiger partial charge is 0.405 e. The van der Waals surface area contributed by atoms with Crippen LogP contribution in [0.1, 0.15) is 32.3 Å². The minimum atomic E-state index is -3.94. The van der Waals surface area contributed by atoms with Crippen LogP contribution in [0.3, 0.4) is 0 Å². The van der Waals surface area contributed by atoms with Gasteiger partial charge < -0.3 is 20.1 Å². The molecule has 2 aromatic rings. The Kier molecular flexibility index (Phi) is 10.2.